The molecular formula is C14H13N3O5. The topological polar surface area (TPSA) is 102 Å². The summed E-state index contributed by atoms with van der Waals surface area (Å²) in [6, 6.07) is 5.30. The van der Waals surface area contributed by atoms with Crippen molar-refractivity contribution in [2.45, 2.75) is 6.54 Å². The number of rotatable bonds is 3. The highest BCUT2D eigenvalue weighted by atomic mass is 16.7. The molecule has 1 amide bonds. The molecule has 0 saturated carbocycles. The number of H-pyrrole nitrogens is 1. The van der Waals surface area contributed by atoms with Crippen LogP contribution < -0.4 is 26.0 Å². The fourth-order valence-electron chi connectivity index (χ4n) is 2.06. The van der Waals surface area contributed by atoms with E-state index in [0.717, 1.165) is 16.3 Å². The number of amides is 1. The summed E-state index contributed by atoms with van der Waals surface area (Å²) in [7, 11) is 1.30. The SMILES string of the molecule is Cn1c(=O)[nH]cc(C(=O)NCc2ccc3c(c2)OCO3)c1=O. The van der Waals surface area contributed by atoms with Gasteiger partial charge in [0.1, 0.15) is 5.56 Å². The minimum atomic E-state index is -0.646. The van der Waals surface area contributed by atoms with E-state index in [4.69, 9.17) is 9.47 Å². The first-order valence-corrected chi connectivity index (χ1v) is 6.51. The lowest BCUT2D eigenvalue weighted by molar-refractivity contribution is 0.0948. The Morgan fingerprint density at radius 2 is 2.09 bits per heavy atom. The molecule has 8 heteroatoms. The summed E-state index contributed by atoms with van der Waals surface area (Å²) in [4.78, 5) is 37.5. The number of nitrogens with zero attached hydrogens (tertiary/aromatic N) is 1. The maximum absolute atomic E-state index is 12.0. The molecule has 3 rings (SSSR count). The molecule has 0 aliphatic carbocycles. The first kappa shape index (κ1) is 13.9. The number of aromatic amines is 1. The molecule has 0 spiro atoms. The molecule has 8 nitrogen and oxygen atoms in total. The number of carbonyl (C=O) groups excluding carboxylic acids is 1. The maximum Gasteiger partial charge on any atom is 0.328 e. The minimum absolute atomic E-state index is 0.122. The molecule has 22 heavy (non-hydrogen) atoms. The summed E-state index contributed by atoms with van der Waals surface area (Å²) in [5, 5.41) is 2.62. The molecule has 0 unspecified atom stereocenters. The van der Waals surface area contributed by atoms with Gasteiger partial charge in [-0.25, -0.2) is 4.79 Å². The van der Waals surface area contributed by atoms with Crippen LogP contribution in [-0.4, -0.2) is 22.3 Å². The Balaban J connectivity index is 1.74. The van der Waals surface area contributed by atoms with Crippen LogP contribution in [0.25, 0.3) is 0 Å². The predicted octanol–water partition coefficient (Wildman–Crippen LogP) is -0.268. The largest absolute Gasteiger partial charge is 0.454 e. The van der Waals surface area contributed by atoms with Gasteiger partial charge < -0.3 is 19.8 Å². The molecule has 2 aromatic rings. The smallest absolute Gasteiger partial charge is 0.328 e. The molecule has 2 heterocycles. The summed E-state index contributed by atoms with van der Waals surface area (Å²) in [6.45, 7) is 0.399. The molecule has 1 aliphatic rings. The van der Waals surface area contributed by atoms with Gasteiger partial charge in [0.15, 0.2) is 11.5 Å². The second kappa shape index (κ2) is 5.40. The number of hydrogen-bond donors (Lipinski definition) is 2. The number of fused-ring (bicyclic) bond motifs is 1. The molecule has 114 valence electrons. The Hall–Kier alpha value is -3.03. The molecule has 0 radical (unpaired) electrons. The number of carbonyl (C=O) groups is 1. The Kier molecular flexibility index (Phi) is 3.42. The van der Waals surface area contributed by atoms with Gasteiger partial charge in [-0.15, -0.1) is 0 Å². The highest BCUT2D eigenvalue weighted by molar-refractivity contribution is 5.93. The molecule has 0 atom stereocenters. The van der Waals surface area contributed by atoms with Crippen LogP contribution in [0.5, 0.6) is 11.5 Å². The summed E-state index contributed by atoms with van der Waals surface area (Å²) < 4.78 is 11.3. The van der Waals surface area contributed by atoms with E-state index in [0.29, 0.717) is 11.5 Å². The second-order valence-electron chi connectivity index (χ2n) is 4.74. The van der Waals surface area contributed by atoms with E-state index < -0.39 is 17.2 Å². The van der Waals surface area contributed by atoms with Gasteiger partial charge in [0, 0.05) is 19.8 Å². The van der Waals surface area contributed by atoms with Crippen molar-refractivity contribution in [3.05, 3.63) is 56.4 Å². The van der Waals surface area contributed by atoms with Crippen LogP contribution in [0.1, 0.15) is 15.9 Å². The lowest BCUT2D eigenvalue weighted by Crippen LogP contribution is -2.38. The third kappa shape index (κ3) is 2.46. The normalized spacial score (nSPS) is 12.2. The third-order valence-electron chi connectivity index (χ3n) is 3.31. The van der Waals surface area contributed by atoms with E-state index in [1.807, 2.05) is 0 Å². The van der Waals surface area contributed by atoms with Crippen LogP contribution in [0, 0.1) is 0 Å². The van der Waals surface area contributed by atoms with Crippen molar-refractivity contribution in [1.82, 2.24) is 14.9 Å². The number of aromatic nitrogens is 2. The van der Waals surface area contributed by atoms with Crippen LogP contribution in [0.4, 0.5) is 0 Å². The Labute approximate surface area is 124 Å². The van der Waals surface area contributed by atoms with E-state index in [-0.39, 0.29) is 18.9 Å². The van der Waals surface area contributed by atoms with Gasteiger partial charge in [-0.05, 0) is 17.7 Å². The third-order valence-corrected chi connectivity index (χ3v) is 3.31. The fourth-order valence-corrected chi connectivity index (χ4v) is 2.06. The van der Waals surface area contributed by atoms with E-state index >= 15 is 0 Å². The van der Waals surface area contributed by atoms with Gasteiger partial charge in [0.2, 0.25) is 6.79 Å². The van der Waals surface area contributed by atoms with Gasteiger partial charge >= 0.3 is 5.69 Å². The molecule has 0 bridgehead atoms. The Morgan fingerprint density at radius 3 is 2.91 bits per heavy atom. The van der Waals surface area contributed by atoms with E-state index in [1.54, 1.807) is 18.2 Å². The summed E-state index contributed by atoms with van der Waals surface area (Å²) >= 11 is 0. The summed E-state index contributed by atoms with van der Waals surface area (Å²) in [6.07, 6.45) is 1.11. The zero-order valence-corrected chi connectivity index (χ0v) is 11.7. The van der Waals surface area contributed by atoms with Gasteiger partial charge in [-0.3, -0.25) is 14.2 Å². The first-order chi connectivity index (χ1) is 10.6. The van der Waals surface area contributed by atoms with E-state index in [9.17, 15) is 14.4 Å². The number of nitrogens with one attached hydrogen (secondary N) is 2. The maximum atomic E-state index is 12.0. The molecule has 1 aliphatic heterocycles. The molecular weight excluding hydrogens is 290 g/mol. The lowest BCUT2D eigenvalue weighted by Gasteiger charge is -2.06. The number of hydrogen-bond acceptors (Lipinski definition) is 5. The van der Waals surface area contributed by atoms with Crippen molar-refractivity contribution in [1.29, 1.82) is 0 Å². The average Bonchev–Trinajstić information content (AvgIpc) is 2.98. The molecule has 1 aromatic carbocycles. The Bertz CT molecular complexity index is 852. The van der Waals surface area contributed by atoms with E-state index in [1.165, 1.54) is 7.05 Å². The number of ether oxygens (including phenoxy) is 2. The van der Waals surface area contributed by atoms with Crippen LogP contribution in [0.15, 0.2) is 34.0 Å². The Morgan fingerprint density at radius 1 is 1.32 bits per heavy atom. The van der Waals surface area contributed by atoms with Gasteiger partial charge in [0.25, 0.3) is 11.5 Å². The molecule has 1 aromatic heterocycles. The zero-order chi connectivity index (χ0) is 15.7. The highest BCUT2D eigenvalue weighted by Gasteiger charge is 2.15. The fraction of sp³-hybridized carbons (Fsp3) is 0.214. The average molecular weight is 303 g/mol. The van der Waals surface area contributed by atoms with Crippen LogP contribution >= 0.6 is 0 Å². The van der Waals surface area contributed by atoms with E-state index in [2.05, 4.69) is 10.3 Å². The predicted molar refractivity (Wildman–Crippen MR) is 76.0 cm³/mol. The summed E-state index contributed by atoms with van der Waals surface area (Å²) in [5.41, 5.74) is -0.536. The monoisotopic (exact) mass is 303 g/mol. The minimum Gasteiger partial charge on any atom is -0.454 e. The van der Waals surface area contributed by atoms with Crippen molar-refractivity contribution in [2.75, 3.05) is 6.79 Å². The lowest BCUT2D eigenvalue weighted by atomic mass is 10.2. The second-order valence-corrected chi connectivity index (χ2v) is 4.74. The van der Waals surface area contributed by atoms with Crippen molar-refractivity contribution < 1.29 is 14.3 Å². The molecule has 0 saturated heterocycles. The number of benzene rings is 1. The van der Waals surface area contributed by atoms with Gasteiger partial charge in [0.05, 0.1) is 0 Å². The van der Waals surface area contributed by atoms with Crippen molar-refractivity contribution in [3.8, 4) is 11.5 Å². The van der Waals surface area contributed by atoms with Crippen LogP contribution in [0.3, 0.4) is 0 Å². The quantitative estimate of drug-likeness (QED) is 0.813. The van der Waals surface area contributed by atoms with Crippen molar-refractivity contribution in [2.24, 2.45) is 7.05 Å². The van der Waals surface area contributed by atoms with Crippen LogP contribution in [-0.2, 0) is 13.6 Å². The first-order valence-electron chi connectivity index (χ1n) is 6.51. The standard InChI is InChI=1S/C14H13N3O5/c1-17-13(19)9(6-16-14(17)20)12(18)15-5-8-2-3-10-11(4-8)22-7-21-10/h2-4,6H,5,7H2,1H3,(H,15,18)(H,16,20). The van der Waals surface area contributed by atoms with Gasteiger partial charge in [-0.1, -0.05) is 6.07 Å². The van der Waals surface area contributed by atoms with Gasteiger partial charge in [-0.2, -0.15) is 0 Å². The molecule has 2 N–H and O–H groups in total. The summed E-state index contributed by atoms with van der Waals surface area (Å²) in [5.74, 6) is 0.714. The highest BCUT2D eigenvalue weighted by Crippen LogP contribution is 2.32. The zero-order valence-electron chi connectivity index (χ0n) is 11.7. The van der Waals surface area contributed by atoms with Crippen LogP contribution in [0.2, 0.25) is 0 Å². The van der Waals surface area contributed by atoms with Crippen molar-refractivity contribution >= 4 is 5.91 Å². The van der Waals surface area contributed by atoms with Crippen molar-refractivity contribution in [3.63, 3.8) is 0 Å². The molecule has 0 fully saturated rings.